The average Bonchev–Trinajstić information content (AvgIpc) is 3.32. The summed E-state index contributed by atoms with van der Waals surface area (Å²) >= 11 is 1.22. The maximum atomic E-state index is 14.9. The van der Waals surface area contributed by atoms with E-state index >= 15 is 0 Å². The van der Waals surface area contributed by atoms with E-state index in [9.17, 15) is 13.6 Å². The Morgan fingerprint density at radius 1 is 1.36 bits per heavy atom. The predicted octanol–water partition coefficient (Wildman–Crippen LogP) is 2.14. The number of anilines is 2. The van der Waals surface area contributed by atoms with Crippen molar-refractivity contribution < 1.29 is 13.6 Å². The van der Waals surface area contributed by atoms with Crippen molar-refractivity contribution in [2.75, 3.05) is 30.4 Å². The lowest BCUT2D eigenvalue weighted by atomic mass is 9.91. The molecular weight excluding hydrogens is 448 g/mol. The fraction of sp³-hybridized carbons (Fsp3) is 0.455. The number of amides is 1. The molecule has 5 N–H and O–H groups in total. The molecule has 1 fully saturated rings. The molecule has 1 amide bonds. The number of hydrogen-bond acceptors (Lipinski definition) is 8. The molecule has 3 aromatic heterocycles. The molecule has 0 bridgehead atoms. The van der Waals surface area contributed by atoms with E-state index in [1.54, 1.807) is 11.1 Å². The van der Waals surface area contributed by atoms with Crippen LogP contribution in [0, 0.1) is 18.7 Å². The summed E-state index contributed by atoms with van der Waals surface area (Å²) in [5, 5.41) is 3.02. The van der Waals surface area contributed by atoms with Gasteiger partial charge in [-0.05, 0) is 37.8 Å². The van der Waals surface area contributed by atoms with Crippen LogP contribution in [0.25, 0.3) is 10.3 Å². The summed E-state index contributed by atoms with van der Waals surface area (Å²) in [5.74, 6) is -0.807. The minimum atomic E-state index is -0.526. The quantitative estimate of drug-likeness (QED) is 0.530. The van der Waals surface area contributed by atoms with Crippen molar-refractivity contribution >= 4 is 39.1 Å². The van der Waals surface area contributed by atoms with Gasteiger partial charge < -0.3 is 21.7 Å². The Morgan fingerprint density at radius 3 is 2.94 bits per heavy atom. The first-order chi connectivity index (χ1) is 15.8. The predicted molar refractivity (Wildman–Crippen MR) is 124 cm³/mol. The highest BCUT2D eigenvalue weighted by Gasteiger charge is 2.33. The molecule has 0 spiro atoms. The van der Waals surface area contributed by atoms with Gasteiger partial charge in [0.05, 0.1) is 18.1 Å². The van der Waals surface area contributed by atoms with Crippen molar-refractivity contribution in [3.05, 3.63) is 39.9 Å². The Morgan fingerprint density at radius 2 is 2.18 bits per heavy atom. The molecule has 1 aliphatic heterocycles. The highest BCUT2D eigenvalue weighted by atomic mass is 32.1. The maximum absolute atomic E-state index is 14.9. The van der Waals surface area contributed by atoms with Crippen molar-refractivity contribution in [3.63, 3.8) is 0 Å². The normalized spacial score (nSPS) is 22.5. The van der Waals surface area contributed by atoms with E-state index in [2.05, 4.69) is 20.3 Å². The summed E-state index contributed by atoms with van der Waals surface area (Å²) in [5.41, 5.74) is 15.3. The molecule has 1 aliphatic carbocycles. The molecule has 0 aromatic carbocycles. The molecule has 3 aromatic rings. The number of halogens is 2. The number of nitrogens with two attached hydrogens (primary N) is 2. The van der Waals surface area contributed by atoms with Crippen molar-refractivity contribution in [1.29, 1.82) is 0 Å². The second-order valence-corrected chi connectivity index (χ2v) is 9.81. The monoisotopic (exact) mass is 473 g/mol. The molecule has 5 rings (SSSR count). The number of rotatable bonds is 4. The van der Waals surface area contributed by atoms with E-state index in [0.29, 0.717) is 53.3 Å². The van der Waals surface area contributed by atoms with Crippen LogP contribution >= 0.6 is 11.3 Å². The lowest BCUT2D eigenvalue weighted by Gasteiger charge is -2.27. The van der Waals surface area contributed by atoms with Crippen LogP contribution in [0.4, 0.5) is 20.3 Å². The van der Waals surface area contributed by atoms with Gasteiger partial charge in [-0.15, -0.1) is 11.3 Å². The summed E-state index contributed by atoms with van der Waals surface area (Å²) in [4.78, 5) is 28.9. The van der Waals surface area contributed by atoms with Crippen LogP contribution in [-0.4, -0.2) is 52.7 Å². The third-order valence-corrected chi connectivity index (χ3v) is 7.50. The third-order valence-electron chi connectivity index (χ3n) is 6.41. The largest absolute Gasteiger partial charge is 0.396 e. The molecule has 8 nitrogen and oxygen atoms in total. The molecule has 1 saturated heterocycles. The number of fused-ring (bicyclic) bond motifs is 2. The second-order valence-electron chi connectivity index (χ2n) is 8.81. The molecular formula is C22H25F2N7OS. The first-order valence-corrected chi connectivity index (χ1v) is 11.7. The van der Waals surface area contributed by atoms with E-state index < -0.39 is 12.5 Å². The Kier molecular flexibility index (Phi) is 5.61. The van der Waals surface area contributed by atoms with Gasteiger partial charge in [0, 0.05) is 43.0 Å². The minimum absolute atomic E-state index is 0.166. The first-order valence-electron chi connectivity index (χ1n) is 10.9. The number of thiophene rings is 1. The van der Waals surface area contributed by atoms with Gasteiger partial charge in [0.1, 0.15) is 15.2 Å². The van der Waals surface area contributed by atoms with E-state index in [-0.39, 0.29) is 29.7 Å². The number of carbonyl (C=O) groups excluding carboxylic acids is 1. The number of pyridine rings is 1. The van der Waals surface area contributed by atoms with Crippen LogP contribution in [0.1, 0.15) is 33.0 Å². The van der Waals surface area contributed by atoms with Gasteiger partial charge in [-0.25, -0.2) is 19.3 Å². The van der Waals surface area contributed by atoms with Crippen LogP contribution in [0.2, 0.25) is 0 Å². The van der Waals surface area contributed by atoms with Crippen LogP contribution < -0.4 is 21.7 Å². The number of nitrogens with one attached hydrogen (secondary N) is 1. The molecule has 0 radical (unpaired) electrons. The molecule has 11 heteroatoms. The van der Waals surface area contributed by atoms with Crippen molar-refractivity contribution in [1.82, 2.24) is 20.3 Å². The molecule has 4 heterocycles. The van der Waals surface area contributed by atoms with Crippen molar-refractivity contribution in [2.45, 2.75) is 38.3 Å². The molecule has 3 atom stereocenters. The number of hydrogen-bond donors (Lipinski definition) is 3. The second kappa shape index (κ2) is 8.45. The standard InChI is InChI=1S/C22H25F2N7OS/c1-10-7-27-18-17(26)19(33-22(18)28-10)21(32)29-13-2-3-16-11(4-13)5-14(24)20(30-16)31-8-12(6-23)15(25)9-31/h5,7,12-13,15H,2-4,6,8-9,25-26H2,1H3,(H,29,32). The van der Waals surface area contributed by atoms with Gasteiger partial charge in [-0.2, -0.15) is 0 Å². The van der Waals surface area contributed by atoms with Gasteiger partial charge >= 0.3 is 0 Å². The molecule has 174 valence electrons. The summed E-state index contributed by atoms with van der Waals surface area (Å²) in [6.07, 6.45) is 3.36. The maximum Gasteiger partial charge on any atom is 0.263 e. The van der Waals surface area contributed by atoms with Gasteiger partial charge in [0.2, 0.25) is 0 Å². The van der Waals surface area contributed by atoms with Crippen LogP contribution in [0.5, 0.6) is 0 Å². The van der Waals surface area contributed by atoms with Crippen molar-refractivity contribution in [3.8, 4) is 0 Å². The van der Waals surface area contributed by atoms with Crippen molar-refractivity contribution in [2.24, 2.45) is 11.7 Å². The Labute approximate surface area is 193 Å². The lowest BCUT2D eigenvalue weighted by molar-refractivity contribution is 0.0938. The van der Waals surface area contributed by atoms with Gasteiger partial charge in [0.25, 0.3) is 5.91 Å². The highest BCUT2D eigenvalue weighted by Crippen LogP contribution is 2.32. The molecule has 3 unspecified atom stereocenters. The molecule has 33 heavy (non-hydrogen) atoms. The number of aromatic nitrogens is 3. The highest BCUT2D eigenvalue weighted by molar-refractivity contribution is 7.21. The lowest BCUT2D eigenvalue weighted by Crippen LogP contribution is -2.39. The van der Waals surface area contributed by atoms with Gasteiger partial charge in [0.15, 0.2) is 11.6 Å². The summed E-state index contributed by atoms with van der Waals surface area (Å²) in [7, 11) is 0. The molecule has 2 aliphatic rings. The average molecular weight is 474 g/mol. The van der Waals surface area contributed by atoms with E-state index in [1.807, 2.05) is 6.92 Å². The number of nitrogens with zero attached hydrogens (tertiary/aromatic N) is 4. The Bertz CT molecular complexity index is 1230. The van der Waals surface area contributed by atoms with E-state index in [4.69, 9.17) is 11.5 Å². The number of nitrogen functional groups attached to an aromatic ring is 1. The van der Waals surface area contributed by atoms with Crippen LogP contribution in [-0.2, 0) is 12.8 Å². The zero-order chi connectivity index (χ0) is 23.3. The van der Waals surface area contributed by atoms with Gasteiger partial charge in [-0.3, -0.25) is 9.18 Å². The zero-order valence-electron chi connectivity index (χ0n) is 18.1. The minimum Gasteiger partial charge on any atom is -0.396 e. The fourth-order valence-corrected chi connectivity index (χ4v) is 5.59. The third kappa shape index (κ3) is 3.99. The fourth-order valence-electron chi connectivity index (χ4n) is 4.59. The number of carbonyl (C=O) groups is 1. The zero-order valence-corrected chi connectivity index (χ0v) is 19.0. The Balaban J connectivity index is 1.31. The number of aryl methyl sites for hydroxylation is 2. The van der Waals surface area contributed by atoms with Gasteiger partial charge in [-0.1, -0.05) is 0 Å². The summed E-state index contributed by atoms with van der Waals surface area (Å²) < 4.78 is 28.0. The van der Waals surface area contributed by atoms with E-state index in [0.717, 1.165) is 17.0 Å². The first kappa shape index (κ1) is 21.9. The Hall–Kier alpha value is -2.92. The topological polar surface area (TPSA) is 123 Å². The number of alkyl halides is 1. The SMILES string of the molecule is Cc1cnc2c(N)c(C(=O)NC3CCc4nc(N5CC(N)C(CF)C5)c(F)cc4C3)sc2n1. The summed E-state index contributed by atoms with van der Waals surface area (Å²) in [6, 6.07) is 0.984. The van der Waals surface area contributed by atoms with E-state index in [1.165, 1.54) is 17.4 Å². The smallest absolute Gasteiger partial charge is 0.263 e. The van der Waals surface area contributed by atoms with Crippen LogP contribution in [0.3, 0.4) is 0 Å². The van der Waals surface area contributed by atoms with Crippen LogP contribution in [0.15, 0.2) is 12.3 Å². The summed E-state index contributed by atoms with van der Waals surface area (Å²) in [6.45, 7) is 2.05. The molecule has 0 saturated carbocycles.